The van der Waals surface area contributed by atoms with Crippen LogP contribution in [0.1, 0.15) is 26.3 Å². The van der Waals surface area contributed by atoms with Gasteiger partial charge in [-0.05, 0) is 51.5 Å². The predicted molar refractivity (Wildman–Crippen MR) is 199 cm³/mol. The summed E-state index contributed by atoms with van der Waals surface area (Å²) in [6.45, 7) is 3.66. The molecule has 0 amide bonds. The van der Waals surface area contributed by atoms with E-state index in [-0.39, 0.29) is 34.6 Å². The van der Waals surface area contributed by atoms with Crippen LogP contribution < -0.4 is 19.6 Å². The zero-order valence-corrected chi connectivity index (χ0v) is 32.3. The molecule has 0 spiro atoms. The molecule has 4 heterocycles. The van der Waals surface area contributed by atoms with Crippen molar-refractivity contribution in [2.75, 3.05) is 20.3 Å². The Bertz CT molecular complexity index is 2000. The fraction of sp³-hybridized carbons (Fsp3) is 0.564. The van der Waals surface area contributed by atoms with E-state index in [4.69, 9.17) is 37.6 Å². The molecule has 3 aliphatic rings. The van der Waals surface area contributed by atoms with Crippen LogP contribution in [0.3, 0.4) is 0 Å². The van der Waals surface area contributed by atoms with Gasteiger partial charge in [-0.1, -0.05) is 11.6 Å². The molecule has 3 fully saturated rings. The zero-order chi connectivity index (χ0) is 43.0. The number of allylic oxidation sites excluding steroid dienone is 2. The quantitative estimate of drug-likeness (QED) is 0.0870. The van der Waals surface area contributed by atoms with Crippen molar-refractivity contribution in [2.45, 2.75) is 119 Å². The molecule has 3 aromatic rings. The smallest absolute Gasteiger partial charge is 0.239 e. The number of hydrogen-bond acceptors (Lipinski definition) is 20. The van der Waals surface area contributed by atoms with Crippen LogP contribution in [0, 0.1) is 0 Å². The van der Waals surface area contributed by atoms with E-state index >= 15 is 0 Å². The van der Waals surface area contributed by atoms with Crippen molar-refractivity contribution in [3.05, 3.63) is 57.8 Å². The van der Waals surface area contributed by atoms with Gasteiger partial charge in [0.15, 0.2) is 12.1 Å². The van der Waals surface area contributed by atoms with E-state index in [0.29, 0.717) is 5.75 Å². The summed E-state index contributed by atoms with van der Waals surface area (Å²) in [7, 11) is 1.43. The van der Waals surface area contributed by atoms with Gasteiger partial charge in [0.25, 0.3) is 0 Å². The molecule has 0 radical (unpaired) electrons. The highest BCUT2D eigenvalue weighted by Gasteiger charge is 2.48. The second kappa shape index (κ2) is 18.3. The first kappa shape index (κ1) is 44.6. The van der Waals surface area contributed by atoms with Gasteiger partial charge >= 0.3 is 0 Å². The fourth-order valence-corrected chi connectivity index (χ4v) is 6.90. The summed E-state index contributed by atoms with van der Waals surface area (Å²) in [6, 6.07) is 7.14. The Morgan fingerprint density at radius 3 is 1.93 bits per heavy atom. The highest BCUT2D eigenvalue weighted by Crippen LogP contribution is 2.42. The van der Waals surface area contributed by atoms with E-state index < -0.39 is 128 Å². The number of phenols is 1. The van der Waals surface area contributed by atoms with Gasteiger partial charge in [0.05, 0.1) is 26.4 Å². The number of rotatable bonds is 12. The van der Waals surface area contributed by atoms with Crippen LogP contribution in [0.2, 0.25) is 0 Å². The molecule has 1 aromatic heterocycles. The van der Waals surface area contributed by atoms with E-state index in [1.807, 2.05) is 0 Å². The Morgan fingerprint density at radius 1 is 0.746 bits per heavy atom. The number of benzene rings is 2. The third-order valence-corrected chi connectivity index (χ3v) is 10.5. The summed E-state index contributed by atoms with van der Waals surface area (Å²) in [6.07, 6.45) is -23.0. The van der Waals surface area contributed by atoms with E-state index in [2.05, 4.69) is 0 Å². The second-order valence-corrected chi connectivity index (χ2v) is 14.8. The normalized spacial score (nSPS) is 35.0. The molecule has 0 saturated carbocycles. The van der Waals surface area contributed by atoms with Crippen LogP contribution >= 0.6 is 0 Å². The van der Waals surface area contributed by atoms with Gasteiger partial charge in [-0.3, -0.25) is 4.79 Å². The number of phenolic OH excluding ortho intramolecular Hbond substituents is 1. The molecule has 6 rings (SSSR count). The largest absolute Gasteiger partial charge is 0.507 e. The standard InChI is InChI=1S/C39H50O20/c1-14(2)5-10-18-20(55-38-32(50)29(47)25(43)21(12-40)56-38)11-19(41)23-27(45)36(34(58-35(18)23)16-6-8-17(52-4)9-7-16)59-39-33(51)30(48)26(44)22(57-39)13-53-37-31(49)28(46)24(42)15(3)54-37/h5-9,11,15,21-22,24-26,28-33,37-44,46-51H,10,12-13H2,1-4H3/t15?,21?,22?,24-,25-,26+,28?,29-,30-,31-,32?,33?,37+,38+,39-/m0/s1. The minimum atomic E-state index is -2.00. The minimum Gasteiger partial charge on any atom is -0.507 e. The molecule has 20 nitrogen and oxygen atoms in total. The molecule has 11 N–H and O–H groups in total. The number of aliphatic hydroxyl groups excluding tert-OH is 10. The molecule has 20 heteroatoms. The molecule has 2 aromatic carbocycles. The van der Waals surface area contributed by atoms with Crippen molar-refractivity contribution in [3.63, 3.8) is 0 Å². The molecule has 3 aliphatic heterocycles. The first-order valence-electron chi connectivity index (χ1n) is 18.7. The molecule has 0 bridgehead atoms. The maximum Gasteiger partial charge on any atom is 0.239 e. The second-order valence-electron chi connectivity index (χ2n) is 14.8. The number of hydrogen-bond donors (Lipinski definition) is 11. The maximum atomic E-state index is 14.6. The summed E-state index contributed by atoms with van der Waals surface area (Å²) in [5.74, 6) is -1.38. The third-order valence-electron chi connectivity index (χ3n) is 10.5. The molecule has 15 atom stereocenters. The number of aliphatic hydroxyl groups is 10. The Balaban J connectivity index is 1.42. The summed E-state index contributed by atoms with van der Waals surface area (Å²) < 4.78 is 46.0. The number of ether oxygens (including phenoxy) is 7. The molecular weight excluding hydrogens is 788 g/mol. The monoisotopic (exact) mass is 838 g/mol. The molecule has 3 saturated heterocycles. The van der Waals surface area contributed by atoms with Gasteiger partial charge in [-0.2, -0.15) is 0 Å². The maximum absolute atomic E-state index is 14.6. The molecule has 59 heavy (non-hydrogen) atoms. The Kier molecular flexibility index (Phi) is 13.9. The van der Waals surface area contributed by atoms with Gasteiger partial charge in [-0.25, -0.2) is 0 Å². The van der Waals surface area contributed by atoms with Crippen LogP contribution in [-0.2, 0) is 25.4 Å². The van der Waals surface area contributed by atoms with Gasteiger partial charge in [-0.15, -0.1) is 0 Å². The highest BCUT2D eigenvalue weighted by molar-refractivity contribution is 5.91. The fourth-order valence-electron chi connectivity index (χ4n) is 6.90. The molecular formula is C39H50O20. The van der Waals surface area contributed by atoms with Crippen LogP contribution in [-0.4, -0.2) is 169 Å². The van der Waals surface area contributed by atoms with Crippen molar-refractivity contribution < 1.29 is 93.7 Å². The summed E-state index contributed by atoms with van der Waals surface area (Å²) >= 11 is 0. The zero-order valence-electron chi connectivity index (χ0n) is 32.3. The Labute approximate surface area is 336 Å². The molecule has 0 aliphatic carbocycles. The first-order chi connectivity index (χ1) is 28.0. The predicted octanol–water partition coefficient (Wildman–Crippen LogP) is -2.11. The van der Waals surface area contributed by atoms with Crippen LogP contribution in [0.15, 0.2) is 51.2 Å². The van der Waals surface area contributed by atoms with Gasteiger partial charge in [0, 0.05) is 17.2 Å². The summed E-state index contributed by atoms with van der Waals surface area (Å²) in [5.41, 5.74) is -0.0743. The van der Waals surface area contributed by atoms with E-state index in [1.165, 1.54) is 26.2 Å². The van der Waals surface area contributed by atoms with Crippen LogP contribution in [0.4, 0.5) is 0 Å². The Hall–Kier alpha value is -3.97. The van der Waals surface area contributed by atoms with Gasteiger partial charge in [0.2, 0.25) is 23.8 Å². The minimum absolute atomic E-state index is 0.00144. The van der Waals surface area contributed by atoms with Crippen molar-refractivity contribution >= 4 is 11.0 Å². The number of fused-ring (bicyclic) bond motifs is 1. The van der Waals surface area contributed by atoms with E-state index in [9.17, 15) is 61.0 Å². The van der Waals surface area contributed by atoms with Crippen LogP contribution in [0.5, 0.6) is 23.0 Å². The SMILES string of the molecule is COc1ccc(-c2oc3c(CC=C(C)C)c(O[C@@H]4OC(CO)[C@H](O)[C@H](O)C4O)cc(O)c3c(=O)c2O[C@@H]2OC(CO[C@@H]3OC(C)[C@H](O)C(O)[C@@H]3O)[C@@H](O)[C@H](O)C2O)cc1. The van der Waals surface area contributed by atoms with Crippen LogP contribution in [0.25, 0.3) is 22.3 Å². The Morgan fingerprint density at radius 2 is 1.32 bits per heavy atom. The molecule has 326 valence electrons. The summed E-state index contributed by atoms with van der Waals surface area (Å²) in [5, 5.41) is 115. The lowest BCUT2D eigenvalue weighted by Crippen LogP contribution is -2.61. The van der Waals surface area contributed by atoms with E-state index in [0.717, 1.165) is 11.6 Å². The first-order valence-corrected chi connectivity index (χ1v) is 18.7. The van der Waals surface area contributed by atoms with Gasteiger partial charge < -0.3 is 93.7 Å². The van der Waals surface area contributed by atoms with Crippen molar-refractivity contribution in [1.82, 2.24) is 0 Å². The van der Waals surface area contributed by atoms with Crippen molar-refractivity contribution in [1.29, 1.82) is 0 Å². The number of methoxy groups -OCH3 is 1. The highest BCUT2D eigenvalue weighted by atomic mass is 16.7. The average molecular weight is 839 g/mol. The lowest BCUT2D eigenvalue weighted by atomic mass is 9.98. The summed E-state index contributed by atoms with van der Waals surface area (Å²) in [4.78, 5) is 14.6. The number of aromatic hydroxyl groups is 1. The molecule has 6 unspecified atom stereocenters. The van der Waals surface area contributed by atoms with E-state index in [1.54, 1.807) is 32.1 Å². The van der Waals surface area contributed by atoms with Crippen molar-refractivity contribution in [3.8, 4) is 34.3 Å². The van der Waals surface area contributed by atoms with Gasteiger partial charge in [0.1, 0.15) is 95.4 Å². The average Bonchev–Trinajstić information content (AvgIpc) is 3.21. The topological polar surface area (TPSA) is 317 Å². The lowest BCUT2D eigenvalue weighted by molar-refractivity contribution is -0.318. The van der Waals surface area contributed by atoms with Crippen molar-refractivity contribution in [2.24, 2.45) is 0 Å². The third kappa shape index (κ3) is 8.92. The lowest BCUT2D eigenvalue weighted by Gasteiger charge is -2.42.